The predicted molar refractivity (Wildman–Crippen MR) is 183 cm³/mol. The van der Waals surface area contributed by atoms with Crippen LogP contribution in [-0.2, 0) is 23.9 Å². The number of carboxylic acids is 2. The molecular formula is C38H66O7. The Kier molecular flexibility index (Phi) is 27.4. The molecule has 7 heteroatoms. The van der Waals surface area contributed by atoms with Gasteiger partial charge >= 0.3 is 23.9 Å². The first kappa shape index (κ1) is 42.6. The Morgan fingerprint density at radius 2 is 0.778 bits per heavy atom. The van der Waals surface area contributed by atoms with Crippen LogP contribution >= 0.6 is 0 Å². The van der Waals surface area contributed by atoms with Crippen molar-refractivity contribution in [3.63, 3.8) is 0 Å². The van der Waals surface area contributed by atoms with Crippen molar-refractivity contribution in [1.29, 1.82) is 0 Å². The van der Waals surface area contributed by atoms with E-state index in [0.29, 0.717) is 51.4 Å². The Hall–Kier alpha value is -2.44. The number of carbonyl (C=O) groups is 4. The molecule has 0 fully saturated rings. The van der Waals surface area contributed by atoms with Gasteiger partial charge in [-0.3, -0.25) is 19.2 Å². The molecule has 0 amide bonds. The zero-order valence-corrected chi connectivity index (χ0v) is 29.1. The van der Waals surface area contributed by atoms with Gasteiger partial charge in [0.05, 0.1) is 23.7 Å². The second-order valence-electron chi connectivity index (χ2n) is 12.6. The molecule has 0 aliphatic rings. The fourth-order valence-electron chi connectivity index (χ4n) is 5.85. The van der Waals surface area contributed by atoms with Crippen LogP contribution in [0.1, 0.15) is 169 Å². The fraction of sp³-hybridized carbons (Fsp3) is 0.789. The average Bonchev–Trinajstić information content (AvgIpc) is 3.00. The molecule has 0 radical (unpaired) electrons. The molecule has 0 heterocycles. The van der Waals surface area contributed by atoms with E-state index in [9.17, 15) is 29.4 Å². The lowest BCUT2D eigenvalue weighted by Crippen LogP contribution is -2.37. The van der Waals surface area contributed by atoms with Crippen LogP contribution in [0, 0.1) is 23.7 Å². The third-order valence-corrected chi connectivity index (χ3v) is 8.67. The summed E-state index contributed by atoms with van der Waals surface area (Å²) in [4.78, 5) is 51.8. The van der Waals surface area contributed by atoms with Crippen LogP contribution in [0.4, 0.5) is 0 Å². The minimum atomic E-state index is -1.05. The van der Waals surface area contributed by atoms with E-state index in [4.69, 9.17) is 4.74 Å². The second-order valence-corrected chi connectivity index (χ2v) is 12.6. The van der Waals surface area contributed by atoms with Crippen LogP contribution in [0.25, 0.3) is 0 Å². The van der Waals surface area contributed by atoms with Crippen LogP contribution in [0.3, 0.4) is 0 Å². The quantitative estimate of drug-likeness (QED) is 0.0349. The van der Waals surface area contributed by atoms with Crippen molar-refractivity contribution in [1.82, 2.24) is 0 Å². The third kappa shape index (κ3) is 21.1. The van der Waals surface area contributed by atoms with Crippen molar-refractivity contribution >= 4 is 23.9 Å². The monoisotopic (exact) mass is 634 g/mol. The van der Waals surface area contributed by atoms with E-state index in [1.165, 1.54) is 0 Å². The fourth-order valence-corrected chi connectivity index (χ4v) is 5.85. The molecule has 2 N–H and O–H groups in total. The van der Waals surface area contributed by atoms with Crippen LogP contribution in [0.2, 0.25) is 0 Å². The smallest absolute Gasteiger partial charge is 0.317 e. The van der Waals surface area contributed by atoms with E-state index >= 15 is 0 Å². The molecule has 45 heavy (non-hydrogen) atoms. The normalized spacial score (nSPS) is 14.4. The van der Waals surface area contributed by atoms with Gasteiger partial charge in [0.25, 0.3) is 0 Å². The van der Waals surface area contributed by atoms with Gasteiger partial charge in [-0.1, -0.05) is 129 Å². The maximum absolute atomic E-state index is 13.6. The molecule has 260 valence electrons. The molecule has 0 spiro atoms. The van der Waals surface area contributed by atoms with E-state index in [-0.39, 0.29) is 0 Å². The van der Waals surface area contributed by atoms with Crippen molar-refractivity contribution in [2.75, 3.05) is 0 Å². The molecule has 4 unspecified atom stereocenters. The molecule has 0 rings (SSSR count). The van der Waals surface area contributed by atoms with Crippen molar-refractivity contribution in [2.24, 2.45) is 23.7 Å². The first-order chi connectivity index (χ1) is 21.7. The third-order valence-electron chi connectivity index (χ3n) is 8.67. The number of ether oxygens (including phenoxy) is 1. The largest absolute Gasteiger partial charge is 0.481 e. The summed E-state index contributed by atoms with van der Waals surface area (Å²) in [6, 6.07) is 0. The molecule has 0 aliphatic heterocycles. The molecule has 0 aromatic heterocycles. The van der Waals surface area contributed by atoms with Gasteiger partial charge in [0, 0.05) is 0 Å². The summed E-state index contributed by atoms with van der Waals surface area (Å²) in [7, 11) is 0. The summed E-state index contributed by atoms with van der Waals surface area (Å²) in [6.45, 7) is 8.35. The van der Waals surface area contributed by atoms with Gasteiger partial charge in [0.1, 0.15) is 0 Å². The van der Waals surface area contributed by atoms with Crippen LogP contribution < -0.4 is 0 Å². The van der Waals surface area contributed by atoms with Crippen LogP contribution in [0.5, 0.6) is 0 Å². The van der Waals surface area contributed by atoms with Crippen LogP contribution in [0.15, 0.2) is 24.3 Å². The Balaban J connectivity index is 5.71. The first-order valence-corrected chi connectivity index (χ1v) is 18.3. The molecular weight excluding hydrogens is 568 g/mol. The zero-order chi connectivity index (χ0) is 33.7. The van der Waals surface area contributed by atoms with E-state index in [1.807, 2.05) is 13.8 Å². The van der Waals surface area contributed by atoms with Gasteiger partial charge in [0.2, 0.25) is 0 Å². The number of hydrogen-bond donors (Lipinski definition) is 2. The molecule has 4 atom stereocenters. The highest BCUT2D eigenvalue weighted by Gasteiger charge is 2.39. The summed E-state index contributed by atoms with van der Waals surface area (Å²) in [5.74, 6) is -7.44. The number of carbonyl (C=O) groups excluding carboxylic acids is 2. The average molecular weight is 635 g/mol. The highest BCUT2D eigenvalue weighted by molar-refractivity contribution is 5.92. The number of carboxylic acid groups (broad SMARTS) is 2. The number of esters is 2. The predicted octanol–water partition coefficient (Wildman–Crippen LogP) is 10.5. The maximum Gasteiger partial charge on any atom is 0.317 e. The summed E-state index contributed by atoms with van der Waals surface area (Å²) in [5.41, 5.74) is 0. The summed E-state index contributed by atoms with van der Waals surface area (Å²) < 4.78 is 5.47. The number of unbranched alkanes of at least 4 members (excludes halogenated alkanes) is 12. The number of aliphatic carboxylic acids is 2. The van der Waals surface area contributed by atoms with Gasteiger partial charge in [-0.2, -0.15) is 0 Å². The lowest BCUT2D eigenvalue weighted by molar-refractivity contribution is -0.173. The van der Waals surface area contributed by atoms with Gasteiger partial charge in [0.15, 0.2) is 0 Å². The van der Waals surface area contributed by atoms with Gasteiger partial charge in [-0.25, -0.2) is 0 Å². The van der Waals surface area contributed by atoms with E-state index in [2.05, 4.69) is 38.2 Å². The molecule has 0 aromatic rings. The van der Waals surface area contributed by atoms with Crippen molar-refractivity contribution in [3.05, 3.63) is 24.3 Å². The van der Waals surface area contributed by atoms with Gasteiger partial charge < -0.3 is 14.9 Å². The van der Waals surface area contributed by atoms with Crippen molar-refractivity contribution < 1.29 is 34.1 Å². The molecule has 0 saturated carbocycles. The zero-order valence-electron chi connectivity index (χ0n) is 29.1. The minimum Gasteiger partial charge on any atom is -0.481 e. The Morgan fingerprint density at radius 3 is 1.11 bits per heavy atom. The molecule has 0 aromatic carbocycles. The summed E-state index contributed by atoms with van der Waals surface area (Å²) in [5, 5.41) is 20.2. The summed E-state index contributed by atoms with van der Waals surface area (Å²) >= 11 is 0. The Morgan fingerprint density at radius 1 is 0.444 bits per heavy atom. The maximum atomic E-state index is 13.6. The molecule has 0 saturated heterocycles. The highest BCUT2D eigenvalue weighted by atomic mass is 16.6. The number of allylic oxidation sites excluding steroid dienone is 4. The van der Waals surface area contributed by atoms with E-state index < -0.39 is 47.5 Å². The van der Waals surface area contributed by atoms with Crippen molar-refractivity contribution in [2.45, 2.75) is 169 Å². The Bertz CT molecular complexity index is 779. The van der Waals surface area contributed by atoms with Crippen LogP contribution in [-0.4, -0.2) is 34.1 Å². The van der Waals surface area contributed by atoms with E-state index in [1.54, 1.807) is 0 Å². The standard InChI is InChI=1S/C38H66O7/c1-5-9-13-15-17-19-21-25-29-33(31(35(39)40)27-23-11-7-3)37(43)45-38(44)34(32(36(41)42)28-24-12-8-4)30-26-22-20-18-16-14-10-6-2/h13-16,31-34H,5-12,17-30H2,1-4H3,(H,39,40)(H,41,42)/b15-13+,16-14+. The molecule has 0 aliphatic carbocycles. The summed E-state index contributed by atoms with van der Waals surface area (Å²) in [6.07, 6.45) is 26.1. The highest BCUT2D eigenvalue weighted by Crippen LogP contribution is 2.30. The van der Waals surface area contributed by atoms with Crippen molar-refractivity contribution in [3.8, 4) is 0 Å². The number of rotatable bonds is 30. The Labute approximate surface area is 274 Å². The van der Waals surface area contributed by atoms with E-state index in [0.717, 1.165) is 89.9 Å². The van der Waals surface area contributed by atoms with Gasteiger partial charge in [-0.15, -0.1) is 0 Å². The lowest BCUT2D eigenvalue weighted by Gasteiger charge is -2.25. The molecule has 0 bridgehead atoms. The SMILES string of the molecule is CCC/C=C/CCCCCC(C(=O)OC(=O)C(CCCCC/C=C/CCC)C(CCCCC)C(=O)O)C(CCCCC)C(=O)O. The topological polar surface area (TPSA) is 118 Å². The first-order valence-electron chi connectivity index (χ1n) is 18.3. The number of hydrogen-bond acceptors (Lipinski definition) is 5. The second kappa shape index (κ2) is 29.0. The molecule has 7 nitrogen and oxygen atoms in total. The lowest BCUT2D eigenvalue weighted by atomic mass is 9.83. The minimum absolute atomic E-state index is 0.336. The van der Waals surface area contributed by atoms with Gasteiger partial charge in [-0.05, 0) is 64.2 Å².